The smallest absolute Gasteiger partial charge is 0.151 e. The third-order valence-corrected chi connectivity index (χ3v) is 4.72. The maximum absolute atomic E-state index is 14.2. The van der Waals surface area contributed by atoms with Crippen LogP contribution in [-0.4, -0.2) is 16.3 Å². The van der Waals surface area contributed by atoms with Crippen molar-refractivity contribution in [1.29, 1.82) is 0 Å². The molecule has 0 spiro atoms. The van der Waals surface area contributed by atoms with Gasteiger partial charge in [0.25, 0.3) is 0 Å². The fourth-order valence-electron chi connectivity index (χ4n) is 2.88. The fourth-order valence-corrected chi connectivity index (χ4v) is 3.18. The van der Waals surface area contributed by atoms with Gasteiger partial charge in [-0.3, -0.25) is 0 Å². The molecule has 4 rings (SSSR count). The third-order valence-electron chi connectivity index (χ3n) is 3.98. The average Bonchev–Trinajstić information content (AvgIpc) is 3.13. The van der Waals surface area contributed by atoms with Gasteiger partial charge in [-0.15, -0.1) is 0 Å². The number of hydrogen-bond donors (Lipinski definition) is 1. The Balaban J connectivity index is 1.90. The van der Waals surface area contributed by atoms with Crippen molar-refractivity contribution in [2.45, 2.75) is 6.42 Å². The lowest BCUT2D eigenvalue weighted by Crippen LogP contribution is -2.06. The normalized spacial score (nSPS) is 13.0. The second-order valence-electron chi connectivity index (χ2n) is 5.49. The predicted molar refractivity (Wildman–Crippen MR) is 91.1 cm³/mol. The molecule has 3 aromatic rings. The van der Waals surface area contributed by atoms with E-state index < -0.39 is 11.6 Å². The van der Waals surface area contributed by atoms with Gasteiger partial charge in [0.05, 0.1) is 15.7 Å². The molecule has 0 amide bonds. The van der Waals surface area contributed by atoms with Gasteiger partial charge in [-0.25, -0.2) is 13.5 Å². The zero-order valence-corrected chi connectivity index (χ0v) is 13.8. The summed E-state index contributed by atoms with van der Waals surface area (Å²) in [5, 5.41) is 8.61. The third kappa shape index (κ3) is 2.44. The molecule has 1 aromatic heterocycles. The van der Waals surface area contributed by atoms with E-state index in [9.17, 15) is 8.78 Å². The Morgan fingerprint density at radius 3 is 2.62 bits per heavy atom. The molecule has 24 heavy (non-hydrogen) atoms. The molecule has 1 N–H and O–H groups in total. The zero-order valence-electron chi connectivity index (χ0n) is 12.3. The highest BCUT2D eigenvalue weighted by Gasteiger charge is 2.25. The molecule has 1 aliphatic rings. The molecular formula is C17H11Cl2F2N3. The molecule has 0 atom stereocenters. The summed E-state index contributed by atoms with van der Waals surface area (Å²) in [7, 11) is 0. The first-order valence-electron chi connectivity index (χ1n) is 7.31. The summed E-state index contributed by atoms with van der Waals surface area (Å²) in [6, 6.07) is 8.68. The molecule has 1 aliphatic heterocycles. The van der Waals surface area contributed by atoms with Gasteiger partial charge in [-0.1, -0.05) is 29.3 Å². The van der Waals surface area contributed by atoms with Gasteiger partial charge in [0.15, 0.2) is 5.82 Å². The number of rotatable bonds is 2. The Morgan fingerprint density at radius 2 is 1.88 bits per heavy atom. The van der Waals surface area contributed by atoms with Crippen LogP contribution in [0.4, 0.5) is 14.6 Å². The Kier molecular flexibility index (Phi) is 3.70. The molecule has 0 unspecified atom stereocenters. The van der Waals surface area contributed by atoms with E-state index in [1.165, 1.54) is 16.8 Å². The summed E-state index contributed by atoms with van der Waals surface area (Å²) in [6.45, 7) is 0.727. The molecule has 0 radical (unpaired) electrons. The van der Waals surface area contributed by atoms with Crippen molar-refractivity contribution in [3.05, 3.63) is 63.6 Å². The summed E-state index contributed by atoms with van der Waals surface area (Å²) < 4.78 is 28.8. The Hall–Kier alpha value is -2.11. The van der Waals surface area contributed by atoms with Crippen molar-refractivity contribution in [3.63, 3.8) is 0 Å². The lowest BCUT2D eigenvalue weighted by molar-refractivity contribution is 0.574. The Labute approximate surface area is 146 Å². The second kappa shape index (κ2) is 5.76. The van der Waals surface area contributed by atoms with Gasteiger partial charge >= 0.3 is 0 Å². The van der Waals surface area contributed by atoms with Gasteiger partial charge in [0.1, 0.15) is 17.3 Å². The van der Waals surface area contributed by atoms with Crippen LogP contribution in [0.2, 0.25) is 10.0 Å². The van der Waals surface area contributed by atoms with Crippen molar-refractivity contribution in [2.24, 2.45) is 0 Å². The average molecular weight is 366 g/mol. The highest BCUT2D eigenvalue weighted by atomic mass is 35.5. The lowest BCUT2D eigenvalue weighted by Gasteiger charge is -2.07. The van der Waals surface area contributed by atoms with Gasteiger partial charge in [0, 0.05) is 23.7 Å². The first kappa shape index (κ1) is 15.4. The summed E-state index contributed by atoms with van der Waals surface area (Å²) in [5.41, 5.74) is 2.66. The number of halogens is 4. The van der Waals surface area contributed by atoms with Crippen LogP contribution in [0.25, 0.3) is 16.9 Å². The van der Waals surface area contributed by atoms with E-state index in [1.54, 1.807) is 12.1 Å². The molecule has 0 saturated heterocycles. The monoisotopic (exact) mass is 365 g/mol. The molecule has 0 fully saturated rings. The molecule has 0 saturated carbocycles. The van der Waals surface area contributed by atoms with Crippen LogP contribution in [0, 0.1) is 11.6 Å². The van der Waals surface area contributed by atoms with Crippen LogP contribution in [0.3, 0.4) is 0 Å². The minimum absolute atomic E-state index is 0.188. The van der Waals surface area contributed by atoms with E-state index in [4.69, 9.17) is 23.2 Å². The van der Waals surface area contributed by atoms with Crippen molar-refractivity contribution in [1.82, 2.24) is 9.78 Å². The van der Waals surface area contributed by atoms with Gasteiger partial charge in [-0.2, -0.15) is 5.10 Å². The van der Waals surface area contributed by atoms with Gasteiger partial charge < -0.3 is 5.32 Å². The maximum Gasteiger partial charge on any atom is 0.151 e. The van der Waals surface area contributed by atoms with Crippen LogP contribution in [-0.2, 0) is 6.42 Å². The molecule has 2 heterocycles. The van der Waals surface area contributed by atoms with Crippen LogP contribution in [0.15, 0.2) is 36.4 Å². The SMILES string of the molecule is Fc1ccc(-n2nc(-c3ccc(Cl)c(Cl)c3)c3c2NCC3)c(F)c1. The number of fused-ring (bicyclic) bond motifs is 1. The number of hydrogen-bond acceptors (Lipinski definition) is 2. The van der Waals surface area contributed by atoms with E-state index in [0.29, 0.717) is 21.6 Å². The highest BCUT2D eigenvalue weighted by molar-refractivity contribution is 6.42. The van der Waals surface area contributed by atoms with Crippen LogP contribution in [0.5, 0.6) is 0 Å². The van der Waals surface area contributed by atoms with Crippen molar-refractivity contribution >= 4 is 29.0 Å². The summed E-state index contributed by atoms with van der Waals surface area (Å²) >= 11 is 12.1. The van der Waals surface area contributed by atoms with Crippen molar-refractivity contribution < 1.29 is 8.78 Å². The molecule has 0 bridgehead atoms. The van der Waals surface area contributed by atoms with Gasteiger partial charge in [-0.05, 0) is 30.7 Å². The molecule has 7 heteroatoms. The Bertz CT molecular complexity index is 953. The lowest BCUT2D eigenvalue weighted by atomic mass is 10.1. The molecule has 3 nitrogen and oxygen atoms in total. The highest BCUT2D eigenvalue weighted by Crippen LogP contribution is 2.37. The topological polar surface area (TPSA) is 29.9 Å². The number of nitrogens with one attached hydrogen (secondary N) is 1. The number of anilines is 1. The van der Waals surface area contributed by atoms with Crippen LogP contribution < -0.4 is 5.32 Å². The number of aromatic nitrogens is 2. The van der Waals surface area contributed by atoms with E-state index in [-0.39, 0.29) is 5.69 Å². The molecule has 122 valence electrons. The predicted octanol–water partition coefficient (Wildman–Crippen LogP) is 5.09. The first-order valence-corrected chi connectivity index (χ1v) is 8.07. The number of nitrogens with zero attached hydrogens (tertiary/aromatic N) is 2. The molecule has 0 aliphatic carbocycles. The summed E-state index contributed by atoms with van der Waals surface area (Å²) in [5.74, 6) is -0.589. The van der Waals surface area contributed by atoms with Crippen molar-refractivity contribution in [2.75, 3.05) is 11.9 Å². The van der Waals surface area contributed by atoms with Crippen LogP contribution in [0.1, 0.15) is 5.56 Å². The fraction of sp³-hybridized carbons (Fsp3) is 0.118. The quantitative estimate of drug-likeness (QED) is 0.685. The van der Waals surface area contributed by atoms with E-state index >= 15 is 0 Å². The van der Waals surface area contributed by atoms with Gasteiger partial charge in [0.2, 0.25) is 0 Å². The minimum atomic E-state index is -0.672. The van der Waals surface area contributed by atoms with E-state index in [2.05, 4.69) is 10.4 Å². The molecular weight excluding hydrogens is 355 g/mol. The minimum Gasteiger partial charge on any atom is -0.369 e. The summed E-state index contributed by atoms with van der Waals surface area (Å²) in [4.78, 5) is 0. The zero-order chi connectivity index (χ0) is 16.8. The van der Waals surface area contributed by atoms with E-state index in [1.807, 2.05) is 6.07 Å². The largest absolute Gasteiger partial charge is 0.369 e. The van der Waals surface area contributed by atoms with E-state index in [0.717, 1.165) is 30.2 Å². The molecule has 2 aromatic carbocycles. The summed E-state index contributed by atoms with van der Waals surface area (Å²) in [6.07, 6.45) is 0.758. The standard InChI is InChI=1S/C17H11Cl2F2N3/c18-12-3-1-9(7-13(12)19)16-11-5-6-22-17(11)24(23-16)15-4-2-10(20)8-14(15)21/h1-4,7-8,22H,5-6H2. The first-order chi connectivity index (χ1) is 11.5. The van der Waals surface area contributed by atoms with Crippen molar-refractivity contribution in [3.8, 4) is 16.9 Å². The second-order valence-corrected chi connectivity index (χ2v) is 6.30. The Morgan fingerprint density at radius 1 is 1.04 bits per heavy atom. The number of benzene rings is 2. The maximum atomic E-state index is 14.2. The van der Waals surface area contributed by atoms with Crippen LogP contribution >= 0.6 is 23.2 Å².